The number of anilines is 4. The molecule has 1 aromatic heterocycles. The minimum atomic E-state index is -4.64. The summed E-state index contributed by atoms with van der Waals surface area (Å²) in [6, 6.07) is 4.52. The van der Waals surface area contributed by atoms with E-state index < -0.39 is 23.6 Å². The van der Waals surface area contributed by atoms with Crippen molar-refractivity contribution in [2.24, 2.45) is 5.92 Å². The van der Waals surface area contributed by atoms with E-state index in [0.717, 1.165) is 5.56 Å². The summed E-state index contributed by atoms with van der Waals surface area (Å²) in [6.45, 7) is 3.50. The Bertz CT molecular complexity index is 902. The number of nitrogens with zero attached hydrogens (tertiary/aromatic N) is 2. The lowest BCUT2D eigenvalue weighted by Gasteiger charge is -2.21. The summed E-state index contributed by atoms with van der Waals surface area (Å²) in [5.41, 5.74) is 1.03. The highest BCUT2D eigenvalue weighted by atomic mass is 19.4. The number of aliphatic hydroxyl groups excluding tert-OH is 1. The number of fused-ring (bicyclic) bond motifs is 1. The van der Waals surface area contributed by atoms with Crippen LogP contribution in [0.3, 0.4) is 0 Å². The molecular weight excluding hydrogens is 387 g/mol. The van der Waals surface area contributed by atoms with Gasteiger partial charge < -0.3 is 21.1 Å². The molecule has 29 heavy (non-hydrogen) atoms. The van der Waals surface area contributed by atoms with Crippen LogP contribution < -0.4 is 16.0 Å². The number of hydrogen-bond acceptors (Lipinski definition) is 6. The smallest absolute Gasteiger partial charge is 0.394 e. The monoisotopic (exact) mass is 409 g/mol. The van der Waals surface area contributed by atoms with E-state index in [0.29, 0.717) is 24.0 Å². The van der Waals surface area contributed by atoms with Crippen LogP contribution >= 0.6 is 0 Å². The second-order valence-electron chi connectivity index (χ2n) is 7.33. The zero-order chi connectivity index (χ0) is 21.2. The van der Waals surface area contributed by atoms with Crippen molar-refractivity contribution in [2.45, 2.75) is 38.9 Å². The Morgan fingerprint density at radius 3 is 2.72 bits per heavy atom. The molecule has 3 rings (SSSR count). The number of halogens is 3. The van der Waals surface area contributed by atoms with Crippen LogP contribution in [0.25, 0.3) is 0 Å². The second-order valence-corrected chi connectivity index (χ2v) is 7.33. The molecular formula is C19H22F3N5O2. The van der Waals surface area contributed by atoms with Gasteiger partial charge in [0.05, 0.1) is 19.1 Å². The highest BCUT2D eigenvalue weighted by Crippen LogP contribution is 2.35. The number of nitrogens with one attached hydrogen (secondary N) is 3. The Kier molecular flexibility index (Phi) is 5.92. The molecule has 0 saturated heterocycles. The molecule has 0 saturated carbocycles. The molecule has 2 aromatic rings. The number of amides is 1. The van der Waals surface area contributed by atoms with E-state index in [1.807, 2.05) is 13.8 Å². The number of alkyl halides is 3. The third kappa shape index (κ3) is 5.14. The van der Waals surface area contributed by atoms with Crippen molar-refractivity contribution in [1.29, 1.82) is 0 Å². The van der Waals surface area contributed by atoms with Crippen molar-refractivity contribution in [2.75, 3.05) is 22.6 Å². The number of hydrogen-bond donors (Lipinski definition) is 4. The van der Waals surface area contributed by atoms with Gasteiger partial charge in [0.1, 0.15) is 11.4 Å². The Hall–Kier alpha value is -2.88. The maximum atomic E-state index is 13.4. The van der Waals surface area contributed by atoms with Crippen LogP contribution in [0.5, 0.6) is 0 Å². The average Bonchev–Trinajstić information content (AvgIpc) is 2.99. The lowest BCUT2D eigenvalue weighted by molar-refractivity contribution is -0.137. The van der Waals surface area contributed by atoms with E-state index in [4.69, 9.17) is 0 Å². The van der Waals surface area contributed by atoms with E-state index in [-0.39, 0.29) is 30.8 Å². The van der Waals surface area contributed by atoms with Crippen molar-refractivity contribution >= 4 is 29.0 Å². The van der Waals surface area contributed by atoms with Gasteiger partial charge in [-0.25, -0.2) is 4.98 Å². The van der Waals surface area contributed by atoms with Crippen LogP contribution in [0.1, 0.15) is 31.4 Å². The number of carbonyl (C=O) groups excluding carboxylic acids is 1. The molecule has 0 bridgehead atoms. The van der Waals surface area contributed by atoms with E-state index in [2.05, 4.69) is 25.9 Å². The zero-order valence-electron chi connectivity index (χ0n) is 16.0. The predicted octanol–water partition coefficient (Wildman–Crippen LogP) is 3.55. The molecule has 10 heteroatoms. The van der Waals surface area contributed by atoms with Crippen LogP contribution in [0.2, 0.25) is 0 Å². The maximum Gasteiger partial charge on any atom is 0.421 e. The number of aliphatic hydroxyl groups is 1. The fourth-order valence-corrected chi connectivity index (χ4v) is 3.14. The van der Waals surface area contributed by atoms with E-state index in [1.54, 1.807) is 18.2 Å². The number of aromatic nitrogens is 2. The van der Waals surface area contributed by atoms with E-state index in [1.165, 1.54) is 0 Å². The van der Waals surface area contributed by atoms with Gasteiger partial charge in [-0.2, -0.15) is 18.2 Å². The van der Waals surface area contributed by atoms with Gasteiger partial charge in [0, 0.05) is 17.6 Å². The Morgan fingerprint density at radius 2 is 2.07 bits per heavy atom. The molecule has 1 atom stereocenters. The fraction of sp³-hybridized carbons (Fsp3) is 0.421. The summed E-state index contributed by atoms with van der Waals surface area (Å²) < 4.78 is 40.1. The molecule has 0 radical (unpaired) electrons. The van der Waals surface area contributed by atoms with Crippen LogP contribution in [-0.2, 0) is 17.4 Å². The average molecular weight is 409 g/mol. The minimum absolute atomic E-state index is 0.0287. The first-order valence-corrected chi connectivity index (χ1v) is 9.17. The first-order chi connectivity index (χ1) is 13.7. The lowest BCUT2D eigenvalue weighted by Crippen LogP contribution is -2.28. The van der Waals surface area contributed by atoms with Crippen molar-refractivity contribution < 1.29 is 23.1 Å². The van der Waals surface area contributed by atoms with Crippen LogP contribution in [0.15, 0.2) is 24.4 Å². The van der Waals surface area contributed by atoms with E-state index >= 15 is 0 Å². The van der Waals surface area contributed by atoms with Gasteiger partial charge in [-0.05, 0) is 36.1 Å². The maximum absolute atomic E-state index is 13.4. The Balaban J connectivity index is 1.87. The van der Waals surface area contributed by atoms with Crippen LogP contribution in [0.4, 0.5) is 36.3 Å². The van der Waals surface area contributed by atoms with Gasteiger partial charge in [0.25, 0.3) is 0 Å². The standard InChI is InChI=1S/C19H22F3N5O2/c1-10(2)5-13(9-28)24-17-14(19(20,21)22)8-23-18(27-17)25-12-3-4-15-11(6-12)7-16(29)26-15/h3-4,6,8,10,13,28H,5,7,9H2,1-2H3,(H,26,29)(H2,23,24,25,27)/t13-/m1/s1. The summed E-state index contributed by atoms with van der Waals surface area (Å²) in [6.07, 6.45) is -3.22. The van der Waals surface area contributed by atoms with E-state index in [9.17, 15) is 23.1 Å². The predicted molar refractivity (Wildman–Crippen MR) is 103 cm³/mol. The summed E-state index contributed by atoms with van der Waals surface area (Å²) >= 11 is 0. The summed E-state index contributed by atoms with van der Waals surface area (Å²) in [4.78, 5) is 19.2. The van der Waals surface area contributed by atoms with Gasteiger partial charge in [-0.1, -0.05) is 13.8 Å². The quantitative estimate of drug-likeness (QED) is 0.558. The fourth-order valence-electron chi connectivity index (χ4n) is 3.14. The molecule has 156 valence electrons. The molecule has 1 aromatic carbocycles. The third-order valence-electron chi connectivity index (χ3n) is 4.40. The minimum Gasteiger partial charge on any atom is -0.394 e. The molecule has 0 unspecified atom stereocenters. The Morgan fingerprint density at radius 1 is 1.31 bits per heavy atom. The topological polar surface area (TPSA) is 99.2 Å². The number of rotatable bonds is 7. The van der Waals surface area contributed by atoms with Gasteiger partial charge in [0.2, 0.25) is 11.9 Å². The molecule has 1 amide bonds. The molecule has 0 fully saturated rings. The highest BCUT2D eigenvalue weighted by Gasteiger charge is 2.36. The van der Waals surface area contributed by atoms with Crippen molar-refractivity contribution in [3.63, 3.8) is 0 Å². The SMILES string of the molecule is CC(C)C[C@H](CO)Nc1nc(Nc2ccc3c(c2)CC(=O)N3)ncc1C(F)(F)F. The molecule has 2 heterocycles. The van der Waals surface area contributed by atoms with Crippen molar-refractivity contribution in [3.05, 3.63) is 35.5 Å². The molecule has 4 N–H and O–H groups in total. The van der Waals surface area contributed by atoms with Gasteiger partial charge >= 0.3 is 6.18 Å². The first-order valence-electron chi connectivity index (χ1n) is 9.17. The lowest BCUT2D eigenvalue weighted by atomic mass is 10.0. The highest BCUT2D eigenvalue weighted by molar-refractivity contribution is 5.99. The van der Waals surface area contributed by atoms with Crippen molar-refractivity contribution in [3.8, 4) is 0 Å². The van der Waals surface area contributed by atoms with Crippen LogP contribution in [0, 0.1) is 5.92 Å². The molecule has 0 aliphatic carbocycles. The normalized spacial score (nSPS) is 14.5. The Labute approximate surface area is 165 Å². The number of carbonyl (C=O) groups is 1. The van der Waals surface area contributed by atoms with Crippen molar-refractivity contribution in [1.82, 2.24) is 9.97 Å². The number of benzene rings is 1. The second kappa shape index (κ2) is 8.24. The van der Waals surface area contributed by atoms with Gasteiger partial charge in [-0.15, -0.1) is 0 Å². The summed E-state index contributed by atoms with van der Waals surface area (Å²) in [7, 11) is 0. The molecule has 7 nitrogen and oxygen atoms in total. The summed E-state index contributed by atoms with van der Waals surface area (Å²) in [5.74, 6) is -0.363. The first kappa shape index (κ1) is 20.8. The van der Waals surface area contributed by atoms with Gasteiger partial charge in [-0.3, -0.25) is 4.79 Å². The molecule has 1 aliphatic rings. The third-order valence-corrected chi connectivity index (χ3v) is 4.40. The molecule has 0 spiro atoms. The zero-order valence-corrected chi connectivity index (χ0v) is 16.0. The van der Waals surface area contributed by atoms with Crippen LogP contribution in [-0.4, -0.2) is 33.6 Å². The molecule has 1 aliphatic heterocycles. The van der Waals surface area contributed by atoms with Gasteiger partial charge in [0.15, 0.2) is 0 Å². The summed E-state index contributed by atoms with van der Waals surface area (Å²) in [5, 5.41) is 17.8. The largest absolute Gasteiger partial charge is 0.421 e.